The molecule has 2 aromatic rings. The molecule has 1 aliphatic rings. The number of aliphatic hydroxyl groups is 2. The number of hydrogen-bond donors (Lipinski definition) is 2. The molecule has 2 amide bonds. The molecule has 2 N–H and O–H groups in total. The number of carbonyl (C=O) groups is 2. The molecule has 0 aliphatic carbocycles. The van der Waals surface area contributed by atoms with Gasteiger partial charge in [0.2, 0.25) is 0 Å². The molecular weight excluding hydrogens is 450 g/mol. The number of imide groups is 1. The molecule has 8 heteroatoms. The zero-order valence-electron chi connectivity index (χ0n) is 20.7. The summed E-state index contributed by atoms with van der Waals surface area (Å²) in [5, 5.41) is 22.7. The van der Waals surface area contributed by atoms with Crippen molar-refractivity contribution in [2.75, 3.05) is 6.61 Å². The van der Waals surface area contributed by atoms with Crippen LogP contribution in [0.3, 0.4) is 0 Å². The minimum absolute atomic E-state index is 0.142. The van der Waals surface area contributed by atoms with Crippen LogP contribution < -0.4 is 10.4 Å². The molecule has 1 aliphatic heterocycles. The summed E-state index contributed by atoms with van der Waals surface area (Å²) in [5.41, 5.74) is -0.848. The summed E-state index contributed by atoms with van der Waals surface area (Å²) in [6, 6.07) is 18.7. The molecule has 0 radical (unpaired) electrons. The Morgan fingerprint density at radius 1 is 0.912 bits per heavy atom. The molecule has 0 bridgehead atoms. The Balaban J connectivity index is 2.05. The van der Waals surface area contributed by atoms with Gasteiger partial charge >= 0.3 is 6.09 Å². The molecule has 184 valence electrons. The summed E-state index contributed by atoms with van der Waals surface area (Å²) in [5.74, 6) is -0.891. The summed E-state index contributed by atoms with van der Waals surface area (Å²) in [4.78, 5) is 26.3. The van der Waals surface area contributed by atoms with Gasteiger partial charge in [0.25, 0.3) is 14.2 Å². The van der Waals surface area contributed by atoms with Crippen LogP contribution in [0.15, 0.2) is 60.7 Å². The number of aliphatic hydroxyl groups excluding tert-OH is 2. The molecular formula is C26H35NO6Si. The minimum Gasteiger partial charge on any atom is -0.443 e. The van der Waals surface area contributed by atoms with Crippen molar-refractivity contribution in [2.45, 2.75) is 70.4 Å². The van der Waals surface area contributed by atoms with E-state index in [-0.39, 0.29) is 11.6 Å². The average molecular weight is 486 g/mol. The fourth-order valence-electron chi connectivity index (χ4n) is 4.50. The van der Waals surface area contributed by atoms with Crippen LogP contribution in [0, 0.1) is 0 Å². The van der Waals surface area contributed by atoms with E-state index in [0.717, 1.165) is 15.3 Å². The molecule has 3 rings (SSSR count). The highest BCUT2D eigenvalue weighted by molar-refractivity contribution is 6.99. The van der Waals surface area contributed by atoms with Crippen molar-refractivity contribution in [3.05, 3.63) is 60.7 Å². The van der Waals surface area contributed by atoms with E-state index in [1.165, 1.54) is 0 Å². The lowest BCUT2D eigenvalue weighted by Gasteiger charge is -2.44. The summed E-state index contributed by atoms with van der Waals surface area (Å²) in [6.07, 6.45) is -4.12. The number of rotatable bonds is 5. The first-order chi connectivity index (χ1) is 15.8. The number of likely N-dealkylation sites (tertiary alicyclic amines) is 1. The average Bonchev–Trinajstić information content (AvgIpc) is 2.97. The maximum atomic E-state index is 12.9. The quantitative estimate of drug-likeness (QED) is 0.632. The van der Waals surface area contributed by atoms with Gasteiger partial charge < -0.3 is 19.4 Å². The normalized spacial score (nSPS) is 21.6. The van der Waals surface area contributed by atoms with Gasteiger partial charge in [0.1, 0.15) is 11.7 Å². The van der Waals surface area contributed by atoms with E-state index in [4.69, 9.17) is 9.16 Å². The Morgan fingerprint density at radius 3 is 1.79 bits per heavy atom. The number of ether oxygens (including phenoxy) is 1. The van der Waals surface area contributed by atoms with Crippen molar-refractivity contribution < 1.29 is 29.0 Å². The van der Waals surface area contributed by atoms with E-state index < -0.39 is 44.2 Å². The topological polar surface area (TPSA) is 96.3 Å². The third-order valence-electron chi connectivity index (χ3n) is 6.02. The van der Waals surface area contributed by atoms with Crippen LogP contribution in [-0.2, 0) is 14.0 Å². The second kappa shape index (κ2) is 9.62. The van der Waals surface area contributed by atoms with Crippen molar-refractivity contribution in [2.24, 2.45) is 0 Å². The third-order valence-corrected chi connectivity index (χ3v) is 11.0. The molecule has 1 saturated heterocycles. The van der Waals surface area contributed by atoms with Gasteiger partial charge in [-0.2, -0.15) is 0 Å². The molecule has 3 atom stereocenters. The number of benzene rings is 2. The molecule has 34 heavy (non-hydrogen) atoms. The van der Waals surface area contributed by atoms with Crippen LogP contribution >= 0.6 is 0 Å². The van der Waals surface area contributed by atoms with E-state index in [9.17, 15) is 19.8 Å². The third kappa shape index (κ3) is 4.95. The van der Waals surface area contributed by atoms with Gasteiger partial charge in [0.05, 0.1) is 12.6 Å². The first-order valence-corrected chi connectivity index (χ1v) is 13.4. The Hall–Kier alpha value is -2.52. The lowest BCUT2D eigenvalue weighted by molar-refractivity contribution is -0.135. The fraction of sp³-hybridized carbons (Fsp3) is 0.462. The number of carbonyl (C=O) groups excluding carboxylic acids is 2. The van der Waals surface area contributed by atoms with Gasteiger partial charge in [0.15, 0.2) is 6.10 Å². The zero-order chi connectivity index (χ0) is 25.3. The highest BCUT2D eigenvalue weighted by Gasteiger charge is 2.55. The summed E-state index contributed by atoms with van der Waals surface area (Å²) >= 11 is 0. The Kier molecular flexibility index (Phi) is 7.38. The highest BCUT2D eigenvalue weighted by Crippen LogP contribution is 2.37. The van der Waals surface area contributed by atoms with E-state index in [2.05, 4.69) is 20.8 Å². The van der Waals surface area contributed by atoms with Crippen LogP contribution in [0.25, 0.3) is 0 Å². The summed E-state index contributed by atoms with van der Waals surface area (Å²) in [7, 11) is -2.98. The predicted octanol–water partition coefficient (Wildman–Crippen LogP) is 2.43. The van der Waals surface area contributed by atoms with Crippen molar-refractivity contribution in [1.29, 1.82) is 0 Å². The van der Waals surface area contributed by atoms with Crippen LogP contribution in [-0.4, -0.2) is 65.9 Å². The van der Waals surface area contributed by atoms with E-state index in [1.54, 1.807) is 20.8 Å². The minimum atomic E-state index is -2.98. The summed E-state index contributed by atoms with van der Waals surface area (Å²) in [6.45, 7) is 11.2. The standard InChI is InChI=1S/C26H35NO6Si/c1-25(2,3)33-24(31)27-20(21(28)22(29)23(27)30)17-32-34(26(4,5)6,18-13-9-7-10-14-18)19-15-11-8-12-16-19/h7-16,20-22,28-29H,17H2,1-6H3/t20?,21-,22-/m1/s1. The van der Waals surface area contributed by atoms with Crippen molar-refractivity contribution in [3.63, 3.8) is 0 Å². The first kappa shape index (κ1) is 26.1. The van der Waals surface area contributed by atoms with Gasteiger partial charge in [-0.3, -0.25) is 4.79 Å². The van der Waals surface area contributed by atoms with Crippen LogP contribution in [0.5, 0.6) is 0 Å². The Labute approximate surface area is 202 Å². The maximum absolute atomic E-state index is 12.9. The zero-order valence-corrected chi connectivity index (χ0v) is 21.7. The summed E-state index contributed by atoms with van der Waals surface area (Å²) < 4.78 is 12.2. The number of hydrogen-bond acceptors (Lipinski definition) is 6. The lowest BCUT2D eigenvalue weighted by Crippen LogP contribution is -2.67. The maximum Gasteiger partial charge on any atom is 0.417 e. The Morgan fingerprint density at radius 2 is 1.38 bits per heavy atom. The van der Waals surface area contributed by atoms with Gasteiger partial charge in [-0.1, -0.05) is 81.4 Å². The van der Waals surface area contributed by atoms with Gasteiger partial charge in [0, 0.05) is 0 Å². The van der Waals surface area contributed by atoms with Crippen molar-refractivity contribution in [1.82, 2.24) is 4.90 Å². The molecule has 2 aromatic carbocycles. The molecule has 1 unspecified atom stereocenters. The van der Waals surface area contributed by atoms with Crippen LogP contribution in [0.1, 0.15) is 41.5 Å². The van der Waals surface area contributed by atoms with Crippen molar-refractivity contribution >= 4 is 30.7 Å². The van der Waals surface area contributed by atoms with Crippen LogP contribution in [0.2, 0.25) is 5.04 Å². The lowest BCUT2D eigenvalue weighted by atomic mass is 10.1. The number of amides is 2. The predicted molar refractivity (Wildman–Crippen MR) is 132 cm³/mol. The van der Waals surface area contributed by atoms with Crippen LogP contribution in [0.4, 0.5) is 4.79 Å². The van der Waals surface area contributed by atoms with Crippen molar-refractivity contribution in [3.8, 4) is 0 Å². The largest absolute Gasteiger partial charge is 0.443 e. The Bertz CT molecular complexity index is 960. The molecule has 1 fully saturated rings. The first-order valence-electron chi connectivity index (χ1n) is 11.5. The smallest absolute Gasteiger partial charge is 0.417 e. The van der Waals surface area contributed by atoms with E-state index >= 15 is 0 Å². The SMILES string of the molecule is CC(C)(C)OC(=O)N1C(=O)[C@H](O)[C@H](O)C1CO[Si](c1ccccc1)(c1ccccc1)C(C)(C)C. The number of nitrogens with zero attached hydrogens (tertiary/aromatic N) is 1. The molecule has 1 heterocycles. The van der Waals surface area contributed by atoms with Gasteiger partial charge in [-0.15, -0.1) is 0 Å². The van der Waals surface area contributed by atoms with E-state index in [1.807, 2.05) is 60.7 Å². The molecule has 0 aromatic heterocycles. The molecule has 7 nitrogen and oxygen atoms in total. The second-order valence-electron chi connectivity index (χ2n) is 10.7. The fourth-order valence-corrected chi connectivity index (χ4v) is 9.07. The molecule has 0 spiro atoms. The monoisotopic (exact) mass is 485 g/mol. The van der Waals surface area contributed by atoms with E-state index in [0.29, 0.717) is 0 Å². The highest BCUT2D eigenvalue weighted by atomic mass is 28.4. The molecule has 0 saturated carbocycles. The second-order valence-corrected chi connectivity index (χ2v) is 15.0. The van der Waals surface area contributed by atoms with Gasteiger partial charge in [-0.05, 0) is 36.2 Å². The van der Waals surface area contributed by atoms with Gasteiger partial charge in [-0.25, -0.2) is 9.69 Å².